The average molecular weight is 220 g/mol. The molecule has 0 unspecified atom stereocenters. The molecule has 0 fully saturated rings. The van der Waals surface area contributed by atoms with Gasteiger partial charge in [0.15, 0.2) is 0 Å². The Kier molecular flexibility index (Phi) is 2.68. The molecule has 1 amide bonds. The first-order chi connectivity index (χ1) is 7.20. The van der Waals surface area contributed by atoms with Gasteiger partial charge >= 0.3 is 0 Å². The van der Waals surface area contributed by atoms with E-state index in [0.29, 0.717) is 6.42 Å². The van der Waals surface area contributed by atoms with Gasteiger partial charge < -0.3 is 5.32 Å². The van der Waals surface area contributed by atoms with Gasteiger partial charge in [0.1, 0.15) is 0 Å². The highest BCUT2D eigenvalue weighted by molar-refractivity contribution is 7.09. The first-order valence-corrected chi connectivity index (χ1v) is 5.64. The van der Waals surface area contributed by atoms with Gasteiger partial charge in [0.05, 0.1) is 10.7 Å². The van der Waals surface area contributed by atoms with E-state index in [9.17, 15) is 4.79 Å². The molecular formula is C11H12N2OS. The van der Waals surface area contributed by atoms with Crippen molar-refractivity contribution in [3.8, 4) is 0 Å². The van der Waals surface area contributed by atoms with Crippen molar-refractivity contribution in [1.82, 2.24) is 10.3 Å². The number of nitrogens with one attached hydrogen (secondary N) is 1. The van der Waals surface area contributed by atoms with Gasteiger partial charge in [0.25, 0.3) is 0 Å². The van der Waals surface area contributed by atoms with Crippen LogP contribution >= 0.6 is 11.3 Å². The molecule has 1 N–H and O–H groups in total. The maximum Gasteiger partial charge on any atom is 0.247 e. The van der Waals surface area contributed by atoms with Crippen LogP contribution in [-0.2, 0) is 4.79 Å². The summed E-state index contributed by atoms with van der Waals surface area (Å²) in [5, 5.41) is 5.69. The van der Waals surface area contributed by atoms with Crippen LogP contribution in [0.25, 0.3) is 5.57 Å². The molecule has 0 atom stereocenters. The minimum Gasteiger partial charge on any atom is -0.355 e. The topological polar surface area (TPSA) is 42.0 Å². The van der Waals surface area contributed by atoms with E-state index in [0.717, 1.165) is 21.8 Å². The van der Waals surface area contributed by atoms with E-state index >= 15 is 0 Å². The Morgan fingerprint density at radius 1 is 1.60 bits per heavy atom. The molecule has 78 valence electrons. The molecule has 0 aromatic carbocycles. The molecule has 0 radical (unpaired) electrons. The van der Waals surface area contributed by atoms with E-state index in [2.05, 4.69) is 10.3 Å². The quantitative estimate of drug-likeness (QED) is 0.827. The number of allylic oxidation sites excluding steroid dienone is 3. The van der Waals surface area contributed by atoms with Gasteiger partial charge in [-0.05, 0) is 25.0 Å². The predicted molar refractivity (Wildman–Crippen MR) is 61.6 cm³/mol. The normalized spacial score (nSPS) is 14.8. The summed E-state index contributed by atoms with van der Waals surface area (Å²) in [6, 6.07) is 0. The molecule has 15 heavy (non-hydrogen) atoms. The van der Waals surface area contributed by atoms with E-state index in [1.54, 1.807) is 18.4 Å². The smallest absolute Gasteiger partial charge is 0.247 e. The Morgan fingerprint density at radius 2 is 2.40 bits per heavy atom. The van der Waals surface area contributed by atoms with Crippen LogP contribution in [0.1, 0.15) is 17.1 Å². The van der Waals surface area contributed by atoms with Crippen LogP contribution in [0.4, 0.5) is 0 Å². The van der Waals surface area contributed by atoms with Crippen LogP contribution in [0.3, 0.4) is 0 Å². The summed E-state index contributed by atoms with van der Waals surface area (Å²) in [4.78, 5) is 15.8. The van der Waals surface area contributed by atoms with Gasteiger partial charge in [0, 0.05) is 18.0 Å². The average Bonchev–Trinajstić information content (AvgIpc) is 2.84. The minimum absolute atomic E-state index is 0.00629. The lowest BCUT2D eigenvalue weighted by Crippen LogP contribution is -2.18. The molecule has 1 heterocycles. The van der Waals surface area contributed by atoms with E-state index in [4.69, 9.17) is 0 Å². The lowest BCUT2D eigenvalue weighted by atomic mass is 10.2. The van der Waals surface area contributed by atoms with Crippen LogP contribution in [0.15, 0.2) is 23.1 Å². The van der Waals surface area contributed by atoms with Crippen molar-refractivity contribution in [2.45, 2.75) is 13.3 Å². The maximum absolute atomic E-state index is 11.4. The zero-order valence-electron chi connectivity index (χ0n) is 8.70. The number of hydrogen-bond donors (Lipinski definition) is 1. The summed E-state index contributed by atoms with van der Waals surface area (Å²) in [6.45, 7) is 1.98. The summed E-state index contributed by atoms with van der Waals surface area (Å²) < 4.78 is 0. The summed E-state index contributed by atoms with van der Waals surface area (Å²) in [5.74, 6) is -0.00629. The van der Waals surface area contributed by atoms with Gasteiger partial charge in [-0.3, -0.25) is 4.79 Å². The number of carbonyl (C=O) groups is 1. The Hall–Kier alpha value is -1.42. The third-order valence-corrected chi connectivity index (χ3v) is 3.08. The number of aryl methyl sites for hydroxylation is 1. The molecule has 4 heteroatoms. The first-order valence-electron chi connectivity index (χ1n) is 4.76. The molecule has 0 bridgehead atoms. The van der Waals surface area contributed by atoms with Gasteiger partial charge in [-0.25, -0.2) is 4.98 Å². The monoisotopic (exact) mass is 220 g/mol. The summed E-state index contributed by atoms with van der Waals surface area (Å²) in [7, 11) is 1.65. The fourth-order valence-electron chi connectivity index (χ4n) is 1.52. The van der Waals surface area contributed by atoms with Crippen LogP contribution in [0, 0.1) is 6.92 Å². The van der Waals surface area contributed by atoms with Crippen molar-refractivity contribution in [2.75, 3.05) is 7.05 Å². The fraction of sp³-hybridized carbons (Fsp3) is 0.273. The SMILES string of the molecule is CNC(=O)C1=CC(c2csc(C)n2)=CC1. The summed E-state index contributed by atoms with van der Waals surface area (Å²) in [6.07, 6.45) is 4.65. The number of carbonyl (C=O) groups excluding carboxylic acids is 1. The molecule has 0 saturated carbocycles. The van der Waals surface area contributed by atoms with Crippen molar-refractivity contribution in [3.05, 3.63) is 33.8 Å². The Balaban J connectivity index is 2.21. The zero-order chi connectivity index (χ0) is 10.8. The van der Waals surface area contributed by atoms with Gasteiger partial charge in [-0.15, -0.1) is 11.3 Å². The molecule has 2 rings (SSSR count). The van der Waals surface area contributed by atoms with E-state index in [1.807, 2.05) is 24.5 Å². The van der Waals surface area contributed by atoms with Crippen molar-refractivity contribution >= 4 is 22.8 Å². The second-order valence-electron chi connectivity index (χ2n) is 3.36. The zero-order valence-corrected chi connectivity index (χ0v) is 9.52. The molecule has 1 aromatic heterocycles. The van der Waals surface area contributed by atoms with Crippen LogP contribution in [0.2, 0.25) is 0 Å². The third-order valence-electron chi connectivity index (χ3n) is 2.31. The Morgan fingerprint density at radius 3 is 3.00 bits per heavy atom. The Bertz CT molecular complexity index is 457. The van der Waals surface area contributed by atoms with Crippen molar-refractivity contribution in [3.63, 3.8) is 0 Å². The third kappa shape index (κ3) is 1.99. The Labute approximate surface area is 92.5 Å². The fourth-order valence-corrected chi connectivity index (χ4v) is 2.14. The number of likely N-dealkylation sites (N-methyl/N-ethyl adjacent to an activating group) is 1. The van der Waals surface area contributed by atoms with Gasteiger partial charge in [-0.2, -0.15) is 0 Å². The second kappa shape index (κ2) is 3.98. The van der Waals surface area contributed by atoms with Crippen LogP contribution in [-0.4, -0.2) is 17.9 Å². The molecule has 0 aliphatic heterocycles. The second-order valence-corrected chi connectivity index (χ2v) is 4.43. The number of thiazole rings is 1. The number of aromatic nitrogens is 1. The molecular weight excluding hydrogens is 208 g/mol. The van der Waals surface area contributed by atoms with E-state index < -0.39 is 0 Å². The van der Waals surface area contributed by atoms with Gasteiger partial charge in [0.2, 0.25) is 5.91 Å². The lowest BCUT2D eigenvalue weighted by molar-refractivity contribution is -0.117. The number of hydrogen-bond acceptors (Lipinski definition) is 3. The minimum atomic E-state index is -0.00629. The molecule has 1 aromatic rings. The molecule has 1 aliphatic carbocycles. The van der Waals surface area contributed by atoms with E-state index in [-0.39, 0.29) is 5.91 Å². The van der Waals surface area contributed by atoms with Crippen LogP contribution < -0.4 is 5.32 Å². The highest BCUT2D eigenvalue weighted by atomic mass is 32.1. The first kappa shape index (κ1) is 10.1. The molecule has 3 nitrogen and oxygen atoms in total. The predicted octanol–water partition coefficient (Wildman–Crippen LogP) is 1.91. The van der Waals surface area contributed by atoms with Crippen molar-refractivity contribution in [1.29, 1.82) is 0 Å². The number of amides is 1. The molecule has 1 aliphatic rings. The summed E-state index contributed by atoms with van der Waals surface area (Å²) in [5.41, 5.74) is 2.83. The lowest BCUT2D eigenvalue weighted by Gasteiger charge is -1.97. The van der Waals surface area contributed by atoms with Gasteiger partial charge in [-0.1, -0.05) is 6.08 Å². The van der Waals surface area contributed by atoms with Crippen molar-refractivity contribution in [2.24, 2.45) is 0 Å². The van der Waals surface area contributed by atoms with Crippen LogP contribution in [0.5, 0.6) is 0 Å². The maximum atomic E-state index is 11.4. The highest BCUT2D eigenvalue weighted by Gasteiger charge is 2.15. The summed E-state index contributed by atoms with van der Waals surface area (Å²) >= 11 is 1.62. The molecule has 0 saturated heterocycles. The highest BCUT2D eigenvalue weighted by Crippen LogP contribution is 2.26. The largest absolute Gasteiger partial charge is 0.355 e. The van der Waals surface area contributed by atoms with E-state index in [1.165, 1.54) is 0 Å². The number of rotatable bonds is 2. The number of nitrogens with zero attached hydrogens (tertiary/aromatic N) is 1. The standard InChI is InChI=1S/C11H12N2OS/c1-7-13-10(6-15-7)8-3-4-9(5-8)11(14)12-2/h3,5-6H,4H2,1-2H3,(H,12,14). The molecule has 0 spiro atoms. The van der Waals surface area contributed by atoms with Crippen molar-refractivity contribution < 1.29 is 4.79 Å².